The van der Waals surface area contributed by atoms with Crippen molar-refractivity contribution in [3.8, 4) is 17.1 Å². The summed E-state index contributed by atoms with van der Waals surface area (Å²) in [5.41, 5.74) is 2.94. The number of hydrogen-bond donors (Lipinski definition) is 1. The van der Waals surface area contributed by atoms with Gasteiger partial charge in [0.05, 0.1) is 18.9 Å². The van der Waals surface area contributed by atoms with Crippen LogP contribution in [0.2, 0.25) is 0 Å². The SMILES string of the molecule is C[C@H](Oc1cccc(-c2cccc(C3OCCO3)c2)n1)C1CCN1. The van der Waals surface area contributed by atoms with Crippen LogP contribution in [0.1, 0.15) is 25.2 Å². The molecular weight excluding hydrogens is 304 g/mol. The van der Waals surface area contributed by atoms with Crippen molar-refractivity contribution >= 4 is 0 Å². The summed E-state index contributed by atoms with van der Waals surface area (Å²) in [6, 6.07) is 14.4. The van der Waals surface area contributed by atoms with Gasteiger partial charge in [0.1, 0.15) is 6.10 Å². The van der Waals surface area contributed by atoms with Crippen LogP contribution in [-0.2, 0) is 9.47 Å². The highest BCUT2D eigenvalue weighted by molar-refractivity contribution is 5.60. The van der Waals surface area contributed by atoms with E-state index >= 15 is 0 Å². The van der Waals surface area contributed by atoms with E-state index in [0.717, 1.165) is 29.8 Å². The molecule has 0 saturated carbocycles. The monoisotopic (exact) mass is 326 g/mol. The Morgan fingerprint density at radius 3 is 2.71 bits per heavy atom. The van der Waals surface area contributed by atoms with Gasteiger partial charge in [0, 0.05) is 23.2 Å². The van der Waals surface area contributed by atoms with Crippen LogP contribution in [0.4, 0.5) is 0 Å². The average Bonchev–Trinajstić information content (AvgIpc) is 3.08. The zero-order valence-corrected chi connectivity index (χ0v) is 13.8. The zero-order valence-electron chi connectivity index (χ0n) is 13.8. The summed E-state index contributed by atoms with van der Waals surface area (Å²) < 4.78 is 17.1. The van der Waals surface area contributed by atoms with Gasteiger partial charge < -0.3 is 19.5 Å². The molecule has 5 heteroatoms. The van der Waals surface area contributed by atoms with Crippen LogP contribution in [0, 0.1) is 0 Å². The van der Waals surface area contributed by atoms with Crippen molar-refractivity contribution in [3.63, 3.8) is 0 Å². The quantitative estimate of drug-likeness (QED) is 0.915. The van der Waals surface area contributed by atoms with E-state index in [0.29, 0.717) is 25.1 Å². The fourth-order valence-electron chi connectivity index (χ4n) is 3.02. The van der Waals surface area contributed by atoms with Gasteiger partial charge in [0.25, 0.3) is 0 Å². The minimum absolute atomic E-state index is 0.119. The molecule has 2 saturated heterocycles. The van der Waals surface area contributed by atoms with Gasteiger partial charge in [0.15, 0.2) is 6.29 Å². The van der Waals surface area contributed by atoms with Gasteiger partial charge in [-0.2, -0.15) is 0 Å². The molecule has 0 amide bonds. The molecule has 1 N–H and O–H groups in total. The highest BCUT2D eigenvalue weighted by Gasteiger charge is 2.25. The minimum Gasteiger partial charge on any atom is -0.473 e. The van der Waals surface area contributed by atoms with Crippen molar-refractivity contribution in [2.75, 3.05) is 19.8 Å². The fraction of sp³-hybridized carbons (Fsp3) is 0.421. The Labute approximate surface area is 142 Å². The molecule has 1 aromatic carbocycles. The number of nitrogens with zero attached hydrogens (tertiary/aromatic N) is 1. The first-order valence-corrected chi connectivity index (χ1v) is 8.50. The Hall–Kier alpha value is -1.95. The Balaban J connectivity index is 1.53. The molecule has 2 aromatic rings. The van der Waals surface area contributed by atoms with Gasteiger partial charge in [-0.05, 0) is 32.0 Å². The second-order valence-electron chi connectivity index (χ2n) is 6.23. The predicted molar refractivity (Wildman–Crippen MR) is 90.8 cm³/mol. The smallest absolute Gasteiger partial charge is 0.214 e. The van der Waals surface area contributed by atoms with Crippen LogP contribution in [0.25, 0.3) is 11.3 Å². The lowest BCUT2D eigenvalue weighted by Gasteiger charge is -2.32. The molecule has 24 heavy (non-hydrogen) atoms. The van der Waals surface area contributed by atoms with Crippen LogP contribution in [0.5, 0.6) is 5.88 Å². The fourth-order valence-corrected chi connectivity index (χ4v) is 3.02. The molecule has 0 spiro atoms. The van der Waals surface area contributed by atoms with E-state index in [1.807, 2.05) is 36.4 Å². The van der Waals surface area contributed by atoms with E-state index in [1.54, 1.807) is 0 Å². The molecule has 0 aliphatic carbocycles. The van der Waals surface area contributed by atoms with Gasteiger partial charge in [-0.15, -0.1) is 0 Å². The van der Waals surface area contributed by atoms with Crippen molar-refractivity contribution in [1.29, 1.82) is 0 Å². The van der Waals surface area contributed by atoms with E-state index in [9.17, 15) is 0 Å². The van der Waals surface area contributed by atoms with Crippen LogP contribution < -0.4 is 10.1 Å². The molecule has 1 aromatic heterocycles. The largest absolute Gasteiger partial charge is 0.473 e. The summed E-state index contributed by atoms with van der Waals surface area (Å²) in [4.78, 5) is 4.66. The number of aromatic nitrogens is 1. The van der Waals surface area contributed by atoms with Gasteiger partial charge in [0.2, 0.25) is 5.88 Å². The van der Waals surface area contributed by atoms with Crippen molar-refractivity contribution in [1.82, 2.24) is 10.3 Å². The molecule has 2 aliphatic rings. The summed E-state index contributed by atoms with van der Waals surface area (Å²) in [6.07, 6.45) is 1.01. The predicted octanol–water partition coefficient (Wildman–Crippen LogP) is 2.92. The number of benzene rings is 1. The summed E-state index contributed by atoms with van der Waals surface area (Å²) in [5, 5.41) is 3.37. The maximum absolute atomic E-state index is 5.99. The number of nitrogens with one attached hydrogen (secondary N) is 1. The maximum Gasteiger partial charge on any atom is 0.214 e. The molecule has 126 valence electrons. The van der Waals surface area contributed by atoms with E-state index in [2.05, 4.69) is 23.3 Å². The minimum atomic E-state index is -0.269. The van der Waals surface area contributed by atoms with Crippen molar-refractivity contribution in [3.05, 3.63) is 48.0 Å². The Bertz CT molecular complexity index is 697. The third kappa shape index (κ3) is 3.29. The first kappa shape index (κ1) is 15.6. The first-order chi connectivity index (χ1) is 11.8. The van der Waals surface area contributed by atoms with E-state index in [-0.39, 0.29) is 12.4 Å². The van der Waals surface area contributed by atoms with Gasteiger partial charge in [-0.1, -0.05) is 24.3 Å². The van der Waals surface area contributed by atoms with E-state index in [1.165, 1.54) is 0 Å². The molecule has 1 unspecified atom stereocenters. The zero-order chi connectivity index (χ0) is 16.4. The summed E-state index contributed by atoms with van der Waals surface area (Å²) >= 11 is 0. The number of pyridine rings is 1. The lowest BCUT2D eigenvalue weighted by Crippen LogP contribution is -2.51. The highest BCUT2D eigenvalue weighted by atomic mass is 16.7. The average molecular weight is 326 g/mol. The topological polar surface area (TPSA) is 52.6 Å². The van der Waals surface area contributed by atoms with Crippen LogP contribution >= 0.6 is 0 Å². The molecule has 5 nitrogen and oxygen atoms in total. The van der Waals surface area contributed by atoms with Crippen molar-refractivity contribution in [2.24, 2.45) is 0 Å². The van der Waals surface area contributed by atoms with E-state index in [4.69, 9.17) is 14.2 Å². The Morgan fingerprint density at radius 1 is 1.17 bits per heavy atom. The number of ether oxygens (including phenoxy) is 3. The second-order valence-corrected chi connectivity index (χ2v) is 6.23. The molecule has 0 radical (unpaired) electrons. The van der Waals surface area contributed by atoms with Crippen LogP contribution in [0.15, 0.2) is 42.5 Å². The van der Waals surface area contributed by atoms with Gasteiger partial charge in [-0.25, -0.2) is 4.98 Å². The summed E-state index contributed by atoms with van der Waals surface area (Å²) in [7, 11) is 0. The number of rotatable bonds is 5. The molecule has 2 atom stereocenters. The third-order valence-electron chi connectivity index (χ3n) is 4.54. The van der Waals surface area contributed by atoms with Gasteiger partial charge >= 0.3 is 0 Å². The lowest BCUT2D eigenvalue weighted by molar-refractivity contribution is -0.0440. The molecule has 2 aliphatic heterocycles. The van der Waals surface area contributed by atoms with Gasteiger partial charge in [-0.3, -0.25) is 0 Å². The Morgan fingerprint density at radius 2 is 1.96 bits per heavy atom. The molecule has 0 bridgehead atoms. The normalized spacial score (nSPS) is 22.1. The number of hydrogen-bond acceptors (Lipinski definition) is 5. The molecule has 2 fully saturated rings. The third-order valence-corrected chi connectivity index (χ3v) is 4.54. The highest BCUT2D eigenvalue weighted by Crippen LogP contribution is 2.28. The Kier molecular flexibility index (Phi) is 4.47. The standard InChI is InChI=1S/C19H22N2O3/c1-13(16-8-9-20-16)24-18-7-3-6-17(21-18)14-4-2-5-15(12-14)19-22-10-11-23-19/h2-7,12-13,16,19-20H,8-11H2,1H3/t13-,16?/m0/s1. The van der Waals surface area contributed by atoms with Crippen LogP contribution in [-0.4, -0.2) is 36.9 Å². The molecular formula is C19H22N2O3. The second kappa shape index (κ2) is 6.89. The summed E-state index contributed by atoms with van der Waals surface area (Å²) in [5.74, 6) is 0.660. The lowest BCUT2D eigenvalue weighted by atomic mass is 10.0. The summed E-state index contributed by atoms with van der Waals surface area (Å²) in [6.45, 7) is 4.44. The van der Waals surface area contributed by atoms with Crippen molar-refractivity contribution < 1.29 is 14.2 Å². The maximum atomic E-state index is 5.99. The van der Waals surface area contributed by atoms with Crippen LogP contribution in [0.3, 0.4) is 0 Å². The van der Waals surface area contributed by atoms with E-state index < -0.39 is 0 Å². The molecule has 4 rings (SSSR count). The van der Waals surface area contributed by atoms with Crippen molar-refractivity contribution in [2.45, 2.75) is 31.8 Å². The molecule has 3 heterocycles. The first-order valence-electron chi connectivity index (χ1n) is 8.50.